The first-order valence-corrected chi connectivity index (χ1v) is 4.59. The number of amides is 1. The van der Waals surface area contributed by atoms with Crippen LogP contribution in [0.15, 0.2) is 24.3 Å². The molecule has 1 heterocycles. The van der Waals surface area contributed by atoms with Gasteiger partial charge < -0.3 is 4.90 Å². The number of hydrogen-bond donors (Lipinski definition) is 0. The standard InChI is InChI=1S/C11H11NO2/c1-12-9-5-3-2-4-8(9)10(13)6-7-11(12)14/h2-5H,6-7H2,1H3. The molecular weight excluding hydrogens is 178 g/mol. The summed E-state index contributed by atoms with van der Waals surface area (Å²) in [5.74, 6) is 0.0570. The van der Waals surface area contributed by atoms with E-state index < -0.39 is 0 Å². The van der Waals surface area contributed by atoms with Gasteiger partial charge in [-0.2, -0.15) is 0 Å². The van der Waals surface area contributed by atoms with Crippen molar-refractivity contribution in [2.75, 3.05) is 11.9 Å². The fourth-order valence-corrected chi connectivity index (χ4v) is 1.66. The molecule has 0 atom stereocenters. The van der Waals surface area contributed by atoms with Crippen LogP contribution < -0.4 is 4.90 Å². The Hall–Kier alpha value is -1.64. The Morgan fingerprint density at radius 1 is 1.14 bits per heavy atom. The minimum atomic E-state index is 0.00306. The summed E-state index contributed by atoms with van der Waals surface area (Å²) in [7, 11) is 1.71. The van der Waals surface area contributed by atoms with Crippen molar-refractivity contribution in [2.24, 2.45) is 0 Å². The van der Waals surface area contributed by atoms with Gasteiger partial charge in [0.25, 0.3) is 0 Å². The molecule has 0 aromatic heterocycles. The number of hydrogen-bond acceptors (Lipinski definition) is 2. The number of Topliss-reactive ketones (excluding diaryl/α,β-unsaturated/α-hetero) is 1. The summed E-state index contributed by atoms with van der Waals surface area (Å²) in [6.45, 7) is 0. The fourth-order valence-electron chi connectivity index (χ4n) is 1.66. The zero-order valence-corrected chi connectivity index (χ0v) is 7.99. The predicted octanol–water partition coefficient (Wildman–Crippen LogP) is 1.63. The molecule has 0 bridgehead atoms. The van der Waals surface area contributed by atoms with Gasteiger partial charge in [0.05, 0.1) is 5.69 Å². The van der Waals surface area contributed by atoms with Gasteiger partial charge in [-0.1, -0.05) is 12.1 Å². The van der Waals surface area contributed by atoms with Crippen molar-refractivity contribution in [3.8, 4) is 0 Å². The lowest BCUT2D eigenvalue weighted by Crippen LogP contribution is -2.24. The molecule has 0 saturated heterocycles. The number of carbonyl (C=O) groups is 2. The van der Waals surface area contributed by atoms with Gasteiger partial charge in [0.2, 0.25) is 5.91 Å². The number of ketones is 1. The van der Waals surface area contributed by atoms with Crippen LogP contribution in [0.1, 0.15) is 23.2 Å². The van der Waals surface area contributed by atoms with Crippen molar-refractivity contribution < 1.29 is 9.59 Å². The van der Waals surface area contributed by atoms with Crippen molar-refractivity contribution in [1.82, 2.24) is 0 Å². The van der Waals surface area contributed by atoms with Crippen LogP contribution in [0.25, 0.3) is 0 Å². The molecule has 72 valence electrons. The lowest BCUT2D eigenvalue weighted by molar-refractivity contribution is -0.118. The van der Waals surface area contributed by atoms with Crippen LogP contribution in [0.3, 0.4) is 0 Å². The molecule has 1 aliphatic rings. The van der Waals surface area contributed by atoms with Crippen LogP contribution in [0.5, 0.6) is 0 Å². The van der Waals surface area contributed by atoms with Gasteiger partial charge in [0.15, 0.2) is 5.78 Å². The summed E-state index contributed by atoms with van der Waals surface area (Å²) in [6.07, 6.45) is 0.629. The Morgan fingerprint density at radius 2 is 1.86 bits per heavy atom. The van der Waals surface area contributed by atoms with Gasteiger partial charge >= 0.3 is 0 Å². The van der Waals surface area contributed by atoms with Crippen LogP contribution in [0, 0.1) is 0 Å². The Balaban J connectivity index is 2.57. The SMILES string of the molecule is CN1C(=O)CCC(=O)c2ccccc21. The third-order valence-corrected chi connectivity index (χ3v) is 2.51. The van der Waals surface area contributed by atoms with E-state index in [0.29, 0.717) is 18.4 Å². The molecule has 1 amide bonds. The molecule has 0 spiro atoms. The maximum atomic E-state index is 11.6. The minimum Gasteiger partial charge on any atom is -0.315 e. The summed E-state index contributed by atoms with van der Waals surface area (Å²) < 4.78 is 0. The maximum absolute atomic E-state index is 11.6. The summed E-state index contributed by atoms with van der Waals surface area (Å²) in [6, 6.07) is 7.23. The van der Waals surface area contributed by atoms with Gasteiger partial charge in [-0.05, 0) is 12.1 Å². The highest BCUT2D eigenvalue weighted by atomic mass is 16.2. The molecular formula is C11H11NO2. The number of rotatable bonds is 0. The van der Waals surface area contributed by atoms with Crippen molar-refractivity contribution in [2.45, 2.75) is 12.8 Å². The third kappa shape index (κ3) is 1.31. The molecule has 3 heteroatoms. The van der Waals surface area contributed by atoms with E-state index >= 15 is 0 Å². The summed E-state index contributed by atoms with van der Waals surface area (Å²) in [5.41, 5.74) is 1.38. The number of anilines is 1. The van der Waals surface area contributed by atoms with Crippen LogP contribution in [0.4, 0.5) is 5.69 Å². The van der Waals surface area contributed by atoms with E-state index in [1.165, 1.54) is 0 Å². The molecule has 2 rings (SSSR count). The van der Waals surface area contributed by atoms with E-state index in [1.807, 2.05) is 12.1 Å². The Labute approximate surface area is 82.3 Å². The van der Waals surface area contributed by atoms with Crippen molar-refractivity contribution in [3.63, 3.8) is 0 Å². The molecule has 0 unspecified atom stereocenters. The van der Waals surface area contributed by atoms with Gasteiger partial charge in [-0.3, -0.25) is 9.59 Å². The van der Waals surface area contributed by atoms with E-state index in [2.05, 4.69) is 0 Å². The van der Waals surface area contributed by atoms with E-state index in [4.69, 9.17) is 0 Å². The average molecular weight is 189 g/mol. The highest BCUT2D eigenvalue weighted by molar-refractivity contribution is 6.09. The number of fused-ring (bicyclic) bond motifs is 1. The third-order valence-electron chi connectivity index (χ3n) is 2.51. The van der Waals surface area contributed by atoms with E-state index in [-0.39, 0.29) is 11.7 Å². The number of para-hydroxylation sites is 1. The number of nitrogens with zero attached hydrogens (tertiary/aromatic N) is 1. The summed E-state index contributed by atoms with van der Waals surface area (Å²) in [4.78, 5) is 24.7. The Kier molecular flexibility index (Phi) is 2.08. The second kappa shape index (κ2) is 3.25. The first kappa shape index (κ1) is 8.94. The minimum absolute atomic E-state index is 0.00306. The highest BCUT2D eigenvalue weighted by Crippen LogP contribution is 2.25. The summed E-state index contributed by atoms with van der Waals surface area (Å²) in [5, 5.41) is 0. The fraction of sp³-hybridized carbons (Fsp3) is 0.273. The normalized spacial score (nSPS) is 16.5. The first-order valence-electron chi connectivity index (χ1n) is 4.59. The largest absolute Gasteiger partial charge is 0.315 e. The second-order valence-electron chi connectivity index (χ2n) is 3.39. The molecule has 0 saturated carbocycles. The van der Waals surface area contributed by atoms with Crippen LogP contribution in [0.2, 0.25) is 0 Å². The molecule has 3 nitrogen and oxygen atoms in total. The Bertz CT molecular complexity index is 398. The van der Waals surface area contributed by atoms with Crippen LogP contribution in [-0.2, 0) is 4.79 Å². The van der Waals surface area contributed by atoms with E-state index in [0.717, 1.165) is 5.69 Å². The molecule has 1 aromatic carbocycles. The number of benzene rings is 1. The van der Waals surface area contributed by atoms with E-state index in [9.17, 15) is 9.59 Å². The average Bonchev–Trinajstić information content (AvgIpc) is 2.33. The van der Waals surface area contributed by atoms with Crippen LogP contribution in [-0.4, -0.2) is 18.7 Å². The predicted molar refractivity (Wildman–Crippen MR) is 53.4 cm³/mol. The highest BCUT2D eigenvalue weighted by Gasteiger charge is 2.22. The van der Waals surface area contributed by atoms with Gasteiger partial charge in [0.1, 0.15) is 0 Å². The first-order chi connectivity index (χ1) is 6.70. The molecule has 0 fully saturated rings. The summed E-state index contributed by atoms with van der Waals surface area (Å²) >= 11 is 0. The number of carbonyl (C=O) groups excluding carboxylic acids is 2. The molecule has 0 aliphatic carbocycles. The van der Waals surface area contributed by atoms with Gasteiger partial charge in [-0.15, -0.1) is 0 Å². The van der Waals surface area contributed by atoms with Crippen LogP contribution >= 0.6 is 0 Å². The van der Waals surface area contributed by atoms with Crippen molar-refractivity contribution in [1.29, 1.82) is 0 Å². The lowest BCUT2D eigenvalue weighted by atomic mass is 10.1. The quantitative estimate of drug-likeness (QED) is 0.622. The van der Waals surface area contributed by atoms with Gasteiger partial charge in [0, 0.05) is 25.5 Å². The zero-order chi connectivity index (χ0) is 10.1. The molecule has 0 N–H and O–H groups in total. The topological polar surface area (TPSA) is 37.4 Å². The van der Waals surface area contributed by atoms with Gasteiger partial charge in [-0.25, -0.2) is 0 Å². The van der Waals surface area contributed by atoms with E-state index in [1.54, 1.807) is 24.1 Å². The lowest BCUT2D eigenvalue weighted by Gasteiger charge is -2.16. The second-order valence-corrected chi connectivity index (χ2v) is 3.39. The molecule has 1 aromatic rings. The zero-order valence-electron chi connectivity index (χ0n) is 7.99. The van der Waals surface area contributed by atoms with Crippen molar-refractivity contribution in [3.05, 3.63) is 29.8 Å². The molecule has 0 radical (unpaired) electrons. The molecule has 14 heavy (non-hydrogen) atoms. The monoisotopic (exact) mass is 189 g/mol. The Morgan fingerprint density at radius 3 is 2.64 bits per heavy atom. The molecule has 1 aliphatic heterocycles. The smallest absolute Gasteiger partial charge is 0.227 e. The van der Waals surface area contributed by atoms with Crippen molar-refractivity contribution >= 4 is 17.4 Å². The maximum Gasteiger partial charge on any atom is 0.227 e.